The Kier molecular flexibility index (Phi) is 4.10. The van der Waals surface area contributed by atoms with Crippen LogP contribution >= 0.6 is 0 Å². The molecule has 104 valence electrons. The Hall–Kier alpha value is -1.55. The number of hydrogen-bond acceptors (Lipinski definition) is 4. The molecule has 19 heavy (non-hydrogen) atoms. The summed E-state index contributed by atoms with van der Waals surface area (Å²) in [6.45, 7) is 0.583. The number of carbonyl (C=O) groups excluding carboxylic acids is 1. The lowest BCUT2D eigenvalue weighted by Gasteiger charge is -2.40. The second-order valence-electron chi connectivity index (χ2n) is 5.26. The predicted molar refractivity (Wildman–Crippen MR) is 73.8 cm³/mol. The number of carbonyl (C=O) groups is 1. The number of benzene rings is 1. The predicted octanol–water partition coefficient (Wildman–Crippen LogP) is 2.41. The molecule has 1 saturated carbocycles. The average molecular weight is 263 g/mol. The molecule has 0 heterocycles. The summed E-state index contributed by atoms with van der Waals surface area (Å²) in [4.78, 5) is 12.4. The molecule has 0 amide bonds. The van der Waals surface area contributed by atoms with Crippen LogP contribution in [0.3, 0.4) is 0 Å². The molecule has 0 unspecified atom stereocenters. The van der Waals surface area contributed by atoms with Gasteiger partial charge in [0.2, 0.25) is 0 Å². The fourth-order valence-corrected chi connectivity index (χ4v) is 2.54. The lowest BCUT2D eigenvalue weighted by molar-refractivity contribution is 0.0785. The molecule has 0 bridgehead atoms. The smallest absolute Gasteiger partial charge is 0.163 e. The molecule has 0 aliphatic heterocycles. The zero-order valence-corrected chi connectivity index (χ0v) is 11.6. The van der Waals surface area contributed by atoms with E-state index in [4.69, 9.17) is 15.2 Å². The fraction of sp³-hybridized carbons (Fsp3) is 0.533. The van der Waals surface area contributed by atoms with E-state index in [1.165, 1.54) is 6.42 Å². The summed E-state index contributed by atoms with van der Waals surface area (Å²) >= 11 is 0. The van der Waals surface area contributed by atoms with Crippen LogP contribution in [0.5, 0.6) is 11.5 Å². The van der Waals surface area contributed by atoms with Crippen LogP contribution in [0.2, 0.25) is 0 Å². The maximum atomic E-state index is 12.4. The maximum absolute atomic E-state index is 12.4. The van der Waals surface area contributed by atoms with Gasteiger partial charge in [-0.1, -0.05) is 6.42 Å². The van der Waals surface area contributed by atoms with Crippen LogP contribution in [0.1, 0.15) is 36.0 Å². The van der Waals surface area contributed by atoms with Gasteiger partial charge in [-0.15, -0.1) is 0 Å². The summed E-state index contributed by atoms with van der Waals surface area (Å²) in [7, 11) is 3.16. The normalized spacial score (nSPS) is 16.6. The van der Waals surface area contributed by atoms with E-state index in [9.17, 15) is 4.79 Å². The molecule has 0 saturated heterocycles. The highest BCUT2D eigenvalue weighted by molar-refractivity contribution is 5.97. The van der Waals surface area contributed by atoms with E-state index in [-0.39, 0.29) is 11.2 Å². The van der Waals surface area contributed by atoms with Gasteiger partial charge in [0, 0.05) is 18.1 Å². The van der Waals surface area contributed by atoms with E-state index >= 15 is 0 Å². The Labute approximate surface area is 113 Å². The zero-order valence-electron chi connectivity index (χ0n) is 11.6. The molecule has 0 radical (unpaired) electrons. The van der Waals surface area contributed by atoms with Crippen molar-refractivity contribution in [2.75, 3.05) is 20.8 Å². The quantitative estimate of drug-likeness (QED) is 0.801. The number of hydrogen-bond donors (Lipinski definition) is 1. The number of ether oxygens (including phenoxy) is 2. The molecular weight excluding hydrogens is 242 g/mol. The van der Waals surface area contributed by atoms with Crippen LogP contribution < -0.4 is 15.2 Å². The van der Waals surface area contributed by atoms with Gasteiger partial charge in [-0.05, 0) is 36.9 Å². The van der Waals surface area contributed by atoms with Gasteiger partial charge in [-0.2, -0.15) is 0 Å². The number of nitrogens with two attached hydrogens (primary N) is 1. The minimum absolute atomic E-state index is 0.0212. The van der Waals surface area contributed by atoms with Gasteiger partial charge in [0.1, 0.15) is 11.5 Å². The number of rotatable bonds is 6. The van der Waals surface area contributed by atoms with Crippen LogP contribution in [-0.2, 0) is 0 Å². The first-order valence-corrected chi connectivity index (χ1v) is 6.59. The van der Waals surface area contributed by atoms with E-state index in [1.807, 2.05) is 0 Å². The molecule has 2 N–H and O–H groups in total. The van der Waals surface area contributed by atoms with Crippen LogP contribution in [0, 0.1) is 5.41 Å². The molecular formula is C15H21NO3. The summed E-state index contributed by atoms with van der Waals surface area (Å²) in [5, 5.41) is 0. The van der Waals surface area contributed by atoms with Gasteiger partial charge in [0.15, 0.2) is 5.78 Å². The van der Waals surface area contributed by atoms with E-state index in [2.05, 4.69) is 0 Å². The van der Waals surface area contributed by atoms with Crippen molar-refractivity contribution in [2.24, 2.45) is 11.1 Å². The van der Waals surface area contributed by atoms with Crippen molar-refractivity contribution in [1.82, 2.24) is 0 Å². The Morgan fingerprint density at radius 3 is 2.16 bits per heavy atom. The number of methoxy groups -OCH3 is 2. The summed E-state index contributed by atoms with van der Waals surface area (Å²) in [5.41, 5.74) is 6.46. The van der Waals surface area contributed by atoms with Gasteiger partial charge in [0.05, 0.1) is 14.2 Å². The Balaban J connectivity index is 2.18. The monoisotopic (exact) mass is 263 g/mol. The van der Waals surface area contributed by atoms with Crippen molar-refractivity contribution >= 4 is 5.78 Å². The summed E-state index contributed by atoms with van der Waals surface area (Å²) in [6.07, 6.45) is 3.79. The third kappa shape index (κ3) is 2.89. The third-order valence-electron chi connectivity index (χ3n) is 4.06. The van der Waals surface area contributed by atoms with Crippen LogP contribution in [-0.4, -0.2) is 26.5 Å². The second-order valence-corrected chi connectivity index (χ2v) is 5.26. The molecule has 1 aromatic carbocycles. The molecule has 4 heteroatoms. The number of Topliss-reactive ketones (excluding diaryl/α,β-unsaturated/α-hetero) is 1. The topological polar surface area (TPSA) is 61.5 Å². The molecule has 1 fully saturated rings. The van der Waals surface area contributed by atoms with Gasteiger partial charge in [-0.3, -0.25) is 4.79 Å². The minimum Gasteiger partial charge on any atom is -0.497 e. The lowest BCUT2D eigenvalue weighted by atomic mass is 9.65. The highest BCUT2D eigenvalue weighted by Gasteiger charge is 2.37. The third-order valence-corrected chi connectivity index (χ3v) is 4.06. The number of ketones is 1. The molecule has 0 aromatic heterocycles. The highest BCUT2D eigenvalue weighted by Crippen LogP contribution is 2.43. The fourth-order valence-electron chi connectivity index (χ4n) is 2.54. The second kappa shape index (κ2) is 5.61. The molecule has 4 nitrogen and oxygen atoms in total. The van der Waals surface area contributed by atoms with E-state index in [0.29, 0.717) is 30.0 Å². The van der Waals surface area contributed by atoms with Crippen molar-refractivity contribution in [2.45, 2.75) is 25.7 Å². The Morgan fingerprint density at radius 1 is 1.21 bits per heavy atom. The largest absolute Gasteiger partial charge is 0.497 e. The standard InChI is InChI=1S/C15H21NO3/c1-18-12-6-11(7-13(8-12)19-2)14(17)9-15(10-16)4-3-5-15/h6-8H,3-5,9-10,16H2,1-2H3. The first-order chi connectivity index (χ1) is 9.12. The van der Waals surface area contributed by atoms with Crippen molar-refractivity contribution < 1.29 is 14.3 Å². The van der Waals surface area contributed by atoms with Crippen molar-refractivity contribution in [3.05, 3.63) is 23.8 Å². The van der Waals surface area contributed by atoms with Crippen LogP contribution in [0.4, 0.5) is 0 Å². The van der Waals surface area contributed by atoms with Crippen molar-refractivity contribution in [1.29, 1.82) is 0 Å². The van der Waals surface area contributed by atoms with E-state index in [1.54, 1.807) is 32.4 Å². The Bertz CT molecular complexity index is 439. The Morgan fingerprint density at radius 2 is 1.79 bits per heavy atom. The molecule has 1 aliphatic rings. The molecule has 1 aromatic rings. The van der Waals surface area contributed by atoms with Crippen LogP contribution in [0.25, 0.3) is 0 Å². The SMILES string of the molecule is COc1cc(OC)cc(C(=O)CC2(CN)CCC2)c1. The molecule has 1 aliphatic carbocycles. The van der Waals surface area contributed by atoms with Crippen LogP contribution in [0.15, 0.2) is 18.2 Å². The summed E-state index contributed by atoms with van der Waals surface area (Å²) < 4.78 is 10.4. The lowest BCUT2D eigenvalue weighted by Crippen LogP contribution is -2.39. The zero-order chi connectivity index (χ0) is 13.9. The summed E-state index contributed by atoms with van der Waals surface area (Å²) in [5.74, 6) is 1.39. The maximum Gasteiger partial charge on any atom is 0.163 e. The van der Waals surface area contributed by atoms with E-state index < -0.39 is 0 Å². The van der Waals surface area contributed by atoms with Gasteiger partial charge in [-0.25, -0.2) is 0 Å². The van der Waals surface area contributed by atoms with Crippen molar-refractivity contribution in [3.8, 4) is 11.5 Å². The van der Waals surface area contributed by atoms with Gasteiger partial charge in [0.25, 0.3) is 0 Å². The minimum atomic E-state index is 0.0212. The first-order valence-electron chi connectivity index (χ1n) is 6.59. The van der Waals surface area contributed by atoms with Gasteiger partial charge < -0.3 is 15.2 Å². The first kappa shape index (κ1) is 13.9. The summed E-state index contributed by atoms with van der Waals surface area (Å²) in [6, 6.07) is 5.28. The molecule has 0 spiro atoms. The molecule has 0 atom stereocenters. The van der Waals surface area contributed by atoms with E-state index in [0.717, 1.165) is 12.8 Å². The average Bonchev–Trinajstić information content (AvgIpc) is 2.41. The highest BCUT2D eigenvalue weighted by atomic mass is 16.5. The van der Waals surface area contributed by atoms with Gasteiger partial charge >= 0.3 is 0 Å². The molecule has 2 rings (SSSR count). The van der Waals surface area contributed by atoms with Crippen molar-refractivity contribution in [3.63, 3.8) is 0 Å².